The predicted molar refractivity (Wildman–Crippen MR) is 132 cm³/mol. The van der Waals surface area contributed by atoms with Gasteiger partial charge in [0.15, 0.2) is 11.5 Å². The van der Waals surface area contributed by atoms with Gasteiger partial charge in [-0.15, -0.1) is 0 Å². The van der Waals surface area contributed by atoms with Crippen molar-refractivity contribution in [3.63, 3.8) is 0 Å². The lowest BCUT2D eigenvalue weighted by Crippen LogP contribution is -2.09. The van der Waals surface area contributed by atoms with Crippen LogP contribution < -0.4 is 5.32 Å². The summed E-state index contributed by atoms with van der Waals surface area (Å²) in [5.74, 6) is 0.627. The summed E-state index contributed by atoms with van der Waals surface area (Å²) in [5, 5.41) is 11.0. The fourth-order valence-corrected chi connectivity index (χ4v) is 4.00. The smallest absolute Gasteiger partial charge is 0.161 e. The van der Waals surface area contributed by atoms with Crippen LogP contribution >= 0.6 is 0 Å². The van der Waals surface area contributed by atoms with Gasteiger partial charge in [0.1, 0.15) is 5.52 Å². The molecule has 0 aromatic carbocycles. The van der Waals surface area contributed by atoms with E-state index in [0.717, 1.165) is 50.1 Å². The highest BCUT2D eigenvalue weighted by molar-refractivity contribution is 5.95. The molecule has 0 unspecified atom stereocenters. The second kappa shape index (κ2) is 8.04. The highest BCUT2D eigenvalue weighted by atomic mass is 15.2. The molecule has 6 aromatic rings. The molecule has 0 spiro atoms. The number of rotatable bonds is 5. The van der Waals surface area contributed by atoms with E-state index in [9.17, 15) is 0 Å². The summed E-state index contributed by atoms with van der Waals surface area (Å²) in [7, 11) is 0. The number of pyridine rings is 4. The Labute approximate surface area is 194 Å². The molecule has 0 atom stereocenters. The highest BCUT2D eigenvalue weighted by Crippen LogP contribution is 2.31. The Bertz CT molecular complexity index is 1620. The summed E-state index contributed by atoms with van der Waals surface area (Å²) in [6.45, 7) is 4.19. The Kier molecular flexibility index (Phi) is 4.72. The third-order valence-corrected chi connectivity index (χ3v) is 5.51. The van der Waals surface area contributed by atoms with Gasteiger partial charge in [-0.1, -0.05) is 0 Å². The SMILES string of the molecule is CC(C)Nc1cncc(-c2ccc3[nH]nc(-c4nc5c(-c6ccncc6)cncc5[nH]4)c3n2)c1. The molecule has 6 aromatic heterocycles. The van der Waals surface area contributed by atoms with Crippen LogP contribution in [-0.2, 0) is 0 Å². The molecule has 0 amide bonds. The van der Waals surface area contributed by atoms with E-state index >= 15 is 0 Å². The van der Waals surface area contributed by atoms with Crippen molar-refractivity contribution < 1.29 is 0 Å². The van der Waals surface area contributed by atoms with Gasteiger partial charge in [-0.2, -0.15) is 5.10 Å². The van der Waals surface area contributed by atoms with E-state index in [1.165, 1.54) is 0 Å². The number of aromatic nitrogens is 8. The zero-order chi connectivity index (χ0) is 23.1. The molecule has 0 saturated carbocycles. The van der Waals surface area contributed by atoms with Crippen LogP contribution in [0.25, 0.3) is 56.0 Å². The van der Waals surface area contributed by atoms with Gasteiger partial charge in [-0.25, -0.2) is 9.97 Å². The van der Waals surface area contributed by atoms with Crippen LogP contribution in [0.15, 0.2) is 67.5 Å². The highest BCUT2D eigenvalue weighted by Gasteiger charge is 2.17. The molecule has 0 aliphatic heterocycles. The van der Waals surface area contributed by atoms with Gasteiger partial charge < -0.3 is 10.3 Å². The molecule has 3 N–H and O–H groups in total. The van der Waals surface area contributed by atoms with E-state index in [1.807, 2.05) is 42.9 Å². The molecular weight excluding hydrogens is 426 g/mol. The zero-order valence-electron chi connectivity index (χ0n) is 18.6. The first-order valence-corrected chi connectivity index (χ1v) is 11.0. The fraction of sp³-hybridized carbons (Fsp3) is 0.120. The molecule has 34 heavy (non-hydrogen) atoms. The Morgan fingerprint density at radius 2 is 1.65 bits per heavy atom. The number of hydrogen-bond acceptors (Lipinski definition) is 7. The summed E-state index contributed by atoms with van der Waals surface area (Å²) in [6.07, 6.45) is 10.7. The number of H-pyrrole nitrogens is 2. The monoisotopic (exact) mass is 447 g/mol. The average Bonchev–Trinajstić information content (AvgIpc) is 3.48. The molecule has 0 radical (unpaired) electrons. The maximum atomic E-state index is 4.91. The van der Waals surface area contributed by atoms with Crippen molar-refractivity contribution in [1.29, 1.82) is 0 Å². The number of anilines is 1. The second-order valence-electron chi connectivity index (χ2n) is 8.33. The van der Waals surface area contributed by atoms with E-state index in [4.69, 9.17) is 9.97 Å². The van der Waals surface area contributed by atoms with Crippen molar-refractivity contribution in [3.8, 4) is 33.9 Å². The van der Waals surface area contributed by atoms with E-state index < -0.39 is 0 Å². The fourth-order valence-electron chi connectivity index (χ4n) is 4.00. The maximum Gasteiger partial charge on any atom is 0.161 e. The quantitative estimate of drug-likeness (QED) is 0.346. The molecular formula is C25H21N9. The summed E-state index contributed by atoms with van der Waals surface area (Å²) in [5.41, 5.74) is 8.48. The minimum absolute atomic E-state index is 0.313. The van der Waals surface area contributed by atoms with Gasteiger partial charge in [0, 0.05) is 48.2 Å². The van der Waals surface area contributed by atoms with Crippen molar-refractivity contribution in [2.75, 3.05) is 5.32 Å². The lowest BCUT2D eigenvalue weighted by molar-refractivity contribution is 0.898. The molecule has 9 heteroatoms. The number of fused-ring (bicyclic) bond motifs is 2. The Hall–Kier alpha value is -4.66. The van der Waals surface area contributed by atoms with Crippen LogP contribution in [-0.4, -0.2) is 46.1 Å². The number of nitrogens with zero attached hydrogens (tertiary/aromatic N) is 6. The van der Waals surface area contributed by atoms with Gasteiger partial charge >= 0.3 is 0 Å². The van der Waals surface area contributed by atoms with Crippen molar-refractivity contribution in [2.24, 2.45) is 0 Å². The number of hydrogen-bond donors (Lipinski definition) is 3. The first-order valence-electron chi connectivity index (χ1n) is 11.0. The van der Waals surface area contributed by atoms with Crippen molar-refractivity contribution >= 4 is 27.8 Å². The lowest BCUT2D eigenvalue weighted by Gasteiger charge is -2.10. The molecule has 0 saturated heterocycles. The first-order chi connectivity index (χ1) is 16.7. The summed E-state index contributed by atoms with van der Waals surface area (Å²) in [4.78, 5) is 26.0. The third-order valence-electron chi connectivity index (χ3n) is 5.51. The molecule has 9 nitrogen and oxygen atoms in total. The van der Waals surface area contributed by atoms with Gasteiger partial charge in [0.2, 0.25) is 0 Å². The number of aromatic amines is 2. The van der Waals surface area contributed by atoms with Gasteiger partial charge in [0.25, 0.3) is 0 Å². The van der Waals surface area contributed by atoms with Gasteiger partial charge in [-0.3, -0.25) is 20.1 Å². The van der Waals surface area contributed by atoms with Crippen molar-refractivity contribution in [3.05, 3.63) is 67.5 Å². The van der Waals surface area contributed by atoms with Crippen LogP contribution in [0, 0.1) is 0 Å². The molecule has 0 fully saturated rings. The van der Waals surface area contributed by atoms with E-state index in [2.05, 4.69) is 55.4 Å². The molecule has 0 bridgehead atoms. The number of nitrogens with one attached hydrogen (secondary N) is 3. The largest absolute Gasteiger partial charge is 0.382 e. The zero-order valence-corrected chi connectivity index (χ0v) is 18.6. The standard InChI is InChI=1S/C25H21N9/c1-14(2)29-17-9-16(10-27-11-17)19-3-4-20-23(30-19)24(34-33-20)25-31-21-13-28-12-18(22(21)32-25)15-5-7-26-8-6-15/h3-14,29H,1-2H3,(H,31,32)(H,33,34). The molecule has 0 aliphatic carbocycles. The second-order valence-corrected chi connectivity index (χ2v) is 8.33. The summed E-state index contributed by atoms with van der Waals surface area (Å²) in [6, 6.07) is 10.2. The average molecular weight is 448 g/mol. The molecule has 6 rings (SSSR count). The third kappa shape index (κ3) is 3.53. The van der Waals surface area contributed by atoms with E-state index in [1.54, 1.807) is 18.6 Å². The summed E-state index contributed by atoms with van der Waals surface area (Å²) >= 11 is 0. The minimum Gasteiger partial charge on any atom is -0.382 e. The lowest BCUT2D eigenvalue weighted by atomic mass is 10.1. The van der Waals surface area contributed by atoms with Crippen LogP contribution in [0.1, 0.15) is 13.8 Å². The Morgan fingerprint density at radius 3 is 2.50 bits per heavy atom. The first kappa shape index (κ1) is 20.0. The van der Waals surface area contributed by atoms with Gasteiger partial charge in [0.05, 0.1) is 34.1 Å². The van der Waals surface area contributed by atoms with Crippen LogP contribution in [0.4, 0.5) is 5.69 Å². The predicted octanol–water partition coefficient (Wildman–Crippen LogP) is 4.84. The number of imidazole rings is 1. The van der Waals surface area contributed by atoms with E-state index in [0.29, 0.717) is 17.6 Å². The van der Waals surface area contributed by atoms with Crippen molar-refractivity contribution in [2.45, 2.75) is 19.9 Å². The van der Waals surface area contributed by atoms with Gasteiger partial charge in [-0.05, 0) is 49.7 Å². The van der Waals surface area contributed by atoms with Crippen molar-refractivity contribution in [1.82, 2.24) is 40.1 Å². The Morgan fingerprint density at radius 1 is 0.794 bits per heavy atom. The van der Waals surface area contributed by atoms with Crippen LogP contribution in [0.2, 0.25) is 0 Å². The molecule has 0 aliphatic rings. The topological polar surface area (TPSA) is 121 Å². The molecule has 166 valence electrons. The minimum atomic E-state index is 0.313. The van der Waals surface area contributed by atoms with Crippen LogP contribution in [0.5, 0.6) is 0 Å². The maximum absolute atomic E-state index is 4.91. The Balaban J connectivity index is 1.45. The molecule has 6 heterocycles. The van der Waals surface area contributed by atoms with E-state index in [-0.39, 0.29) is 0 Å². The normalized spacial score (nSPS) is 11.5. The van der Waals surface area contributed by atoms with Crippen LogP contribution in [0.3, 0.4) is 0 Å². The summed E-state index contributed by atoms with van der Waals surface area (Å²) < 4.78 is 0.